The summed E-state index contributed by atoms with van der Waals surface area (Å²) in [7, 11) is 1.46. The lowest BCUT2D eigenvalue weighted by molar-refractivity contribution is -0.286. The molecule has 9 nitrogen and oxygen atoms in total. The highest BCUT2D eigenvalue weighted by Gasteiger charge is 2.56. The fraction of sp³-hybridized carbons (Fsp3) is 0.480. The number of halogens is 2. The Hall–Kier alpha value is -3.47. The third-order valence-corrected chi connectivity index (χ3v) is 5.81. The smallest absolute Gasteiger partial charge is 0.464 e. The number of nitrogens with zero attached hydrogens (tertiary/aromatic N) is 2. The van der Waals surface area contributed by atoms with E-state index in [0.29, 0.717) is 12.0 Å². The number of fused-ring (bicyclic) bond motifs is 1. The lowest BCUT2D eigenvalue weighted by atomic mass is 9.81. The Balaban J connectivity index is 0.00000176. The number of pyridine rings is 1. The number of urea groups is 1. The van der Waals surface area contributed by atoms with E-state index >= 15 is 0 Å². The van der Waals surface area contributed by atoms with Gasteiger partial charge in [-0.3, -0.25) is 9.88 Å². The molecule has 0 aliphatic carbocycles. The van der Waals surface area contributed by atoms with Crippen molar-refractivity contribution in [3.8, 4) is 11.5 Å². The highest BCUT2D eigenvalue weighted by molar-refractivity contribution is 5.86. The molecule has 2 aliphatic rings. The zero-order valence-electron chi connectivity index (χ0n) is 20.9. The Morgan fingerprint density at radius 1 is 1.22 bits per heavy atom. The number of aromatic nitrogens is 1. The molecule has 1 N–H and O–H groups in total. The summed E-state index contributed by atoms with van der Waals surface area (Å²) in [6.07, 6.45) is -0.585. The molecule has 3 unspecified atom stereocenters. The van der Waals surface area contributed by atoms with E-state index in [1.165, 1.54) is 24.1 Å². The van der Waals surface area contributed by atoms with Crippen LogP contribution < -0.4 is 14.8 Å². The summed E-state index contributed by atoms with van der Waals surface area (Å²) in [5, 5.41) is 2.79. The lowest BCUT2D eigenvalue weighted by Gasteiger charge is -2.52. The van der Waals surface area contributed by atoms with E-state index in [1.54, 1.807) is 38.4 Å². The topological polar surface area (TPSA) is 99.2 Å². The van der Waals surface area contributed by atoms with Gasteiger partial charge in [0.1, 0.15) is 12.3 Å². The summed E-state index contributed by atoms with van der Waals surface area (Å²) in [5.41, 5.74) is 1.41. The van der Waals surface area contributed by atoms with E-state index in [9.17, 15) is 18.4 Å². The molecule has 1 aromatic heterocycles. The molecule has 36 heavy (non-hydrogen) atoms. The zero-order chi connectivity index (χ0) is 26.5. The molecule has 2 aromatic rings. The van der Waals surface area contributed by atoms with Crippen molar-refractivity contribution in [1.82, 2.24) is 15.2 Å². The molecule has 1 aromatic carbocycles. The molecule has 4 atom stereocenters. The van der Waals surface area contributed by atoms with Crippen molar-refractivity contribution in [2.75, 3.05) is 13.7 Å². The molecular formula is C25H31F2N3O6. The van der Waals surface area contributed by atoms with Crippen LogP contribution in [0.3, 0.4) is 0 Å². The van der Waals surface area contributed by atoms with Crippen LogP contribution in [-0.4, -0.2) is 54.2 Å². The number of methoxy groups -OCH3 is 1. The number of hydrogen-bond acceptors (Lipinski definition) is 7. The Morgan fingerprint density at radius 2 is 1.94 bits per heavy atom. The number of likely N-dealkylation sites (tertiary alicyclic amines) is 1. The number of alkyl halides is 2. The van der Waals surface area contributed by atoms with Crippen LogP contribution in [0, 0.1) is 5.92 Å². The quantitative estimate of drug-likeness (QED) is 0.559. The van der Waals surface area contributed by atoms with Crippen LogP contribution in [0.4, 0.5) is 13.6 Å². The second-order valence-electron chi connectivity index (χ2n) is 8.00. The van der Waals surface area contributed by atoms with Crippen molar-refractivity contribution < 1.29 is 37.3 Å². The average molecular weight is 508 g/mol. The Labute approximate surface area is 208 Å². The highest BCUT2D eigenvalue weighted by atomic mass is 19.3. The number of carbonyl (C=O) groups excluding carboxylic acids is 2. The van der Waals surface area contributed by atoms with Gasteiger partial charge in [0, 0.05) is 25.4 Å². The van der Waals surface area contributed by atoms with Gasteiger partial charge in [-0.05, 0) is 49.6 Å². The van der Waals surface area contributed by atoms with Gasteiger partial charge in [0.2, 0.25) is 0 Å². The van der Waals surface area contributed by atoms with Crippen molar-refractivity contribution in [1.29, 1.82) is 0 Å². The molecule has 0 saturated carbocycles. The first-order valence-corrected chi connectivity index (χ1v) is 11.8. The molecule has 2 aliphatic heterocycles. The van der Waals surface area contributed by atoms with Crippen molar-refractivity contribution in [2.24, 2.45) is 5.92 Å². The molecular weight excluding hydrogens is 476 g/mol. The summed E-state index contributed by atoms with van der Waals surface area (Å²) >= 11 is 0. The lowest BCUT2D eigenvalue weighted by Crippen LogP contribution is -2.71. The zero-order valence-corrected chi connectivity index (χ0v) is 20.9. The molecule has 196 valence electrons. The predicted octanol–water partition coefficient (Wildman–Crippen LogP) is 4.28. The van der Waals surface area contributed by atoms with Gasteiger partial charge in [-0.25, -0.2) is 9.59 Å². The summed E-state index contributed by atoms with van der Waals surface area (Å²) in [4.78, 5) is 31.3. The van der Waals surface area contributed by atoms with E-state index in [-0.39, 0.29) is 24.0 Å². The number of benzene rings is 1. The van der Waals surface area contributed by atoms with Gasteiger partial charge in [0.05, 0.1) is 12.6 Å². The first kappa shape index (κ1) is 27.1. The van der Waals surface area contributed by atoms with E-state index in [4.69, 9.17) is 9.47 Å². The maximum atomic E-state index is 13.3. The normalized spacial score (nSPS) is 22.0. The molecule has 4 rings (SSSR count). The number of rotatable bonds is 7. The fourth-order valence-electron chi connectivity index (χ4n) is 4.25. The minimum atomic E-state index is -3.73. The summed E-state index contributed by atoms with van der Waals surface area (Å²) < 4.78 is 46.3. The second-order valence-corrected chi connectivity index (χ2v) is 8.00. The minimum absolute atomic E-state index is 0.0879. The molecule has 1 fully saturated rings. The number of esters is 1. The van der Waals surface area contributed by atoms with Crippen LogP contribution in [0.1, 0.15) is 44.9 Å². The van der Waals surface area contributed by atoms with Crippen LogP contribution in [-0.2, 0) is 20.7 Å². The number of amides is 2. The maximum absolute atomic E-state index is 13.3. The summed E-state index contributed by atoms with van der Waals surface area (Å²) in [6, 6.07) is 5.95. The van der Waals surface area contributed by atoms with E-state index in [0.717, 1.165) is 5.56 Å². The first-order valence-electron chi connectivity index (χ1n) is 11.8. The highest BCUT2D eigenvalue weighted by Crippen LogP contribution is 2.42. The van der Waals surface area contributed by atoms with Gasteiger partial charge < -0.3 is 24.3 Å². The van der Waals surface area contributed by atoms with Gasteiger partial charge >= 0.3 is 18.3 Å². The van der Waals surface area contributed by atoms with Crippen molar-refractivity contribution in [3.63, 3.8) is 0 Å². The second kappa shape index (κ2) is 11.5. The van der Waals surface area contributed by atoms with Crippen LogP contribution in [0.5, 0.6) is 11.5 Å². The van der Waals surface area contributed by atoms with Gasteiger partial charge in [-0.2, -0.15) is 0 Å². The molecule has 3 heterocycles. The van der Waals surface area contributed by atoms with Gasteiger partial charge in [-0.15, -0.1) is 8.78 Å². The number of hydrogen-bond donors (Lipinski definition) is 1. The average Bonchev–Trinajstić information content (AvgIpc) is 3.16. The van der Waals surface area contributed by atoms with Crippen LogP contribution in [0.15, 0.2) is 42.7 Å². The van der Waals surface area contributed by atoms with Crippen molar-refractivity contribution in [2.45, 2.75) is 58.7 Å². The third-order valence-electron chi connectivity index (χ3n) is 5.81. The SMILES string of the molecule is CC.CCOC(=O)C1[C@@H](Cc2cccnc2)C(OC)N1C(=O)NC(C)c1ccc2c(c1)OC(F)(F)O2. The molecule has 0 spiro atoms. The van der Waals surface area contributed by atoms with Gasteiger partial charge in [-0.1, -0.05) is 26.0 Å². The molecule has 11 heteroatoms. The Kier molecular flexibility index (Phi) is 8.67. The van der Waals surface area contributed by atoms with Crippen molar-refractivity contribution >= 4 is 12.0 Å². The first-order chi connectivity index (χ1) is 17.2. The van der Waals surface area contributed by atoms with E-state index in [1.807, 2.05) is 19.9 Å². The Morgan fingerprint density at radius 3 is 2.58 bits per heavy atom. The minimum Gasteiger partial charge on any atom is -0.464 e. The largest absolute Gasteiger partial charge is 0.586 e. The molecule has 0 bridgehead atoms. The Bertz CT molecular complexity index is 1060. The van der Waals surface area contributed by atoms with E-state index in [2.05, 4.69) is 19.8 Å². The summed E-state index contributed by atoms with van der Waals surface area (Å²) in [6.45, 7) is 7.54. The third kappa shape index (κ3) is 5.67. The molecule has 1 saturated heterocycles. The monoisotopic (exact) mass is 507 g/mol. The molecule has 0 radical (unpaired) electrons. The number of ether oxygens (including phenoxy) is 4. The van der Waals surface area contributed by atoms with Gasteiger partial charge in [0.15, 0.2) is 11.5 Å². The van der Waals surface area contributed by atoms with Crippen LogP contribution in [0.2, 0.25) is 0 Å². The van der Waals surface area contributed by atoms with E-state index < -0.39 is 36.6 Å². The van der Waals surface area contributed by atoms with Crippen molar-refractivity contribution in [3.05, 3.63) is 53.9 Å². The van der Waals surface area contributed by atoms with Gasteiger partial charge in [0.25, 0.3) is 0 Å². The van der Waals surface area contributed by atoms with Crippen LogP contribution in [0.25, 0.3) is 0 Å². The standard InChI is InChI=1S/C23H25F2N3O6.C2H6/c1-4-32-21(29)19-16(10-14-6-5-9-26-12-14)20(31-3)28(19)22(30)27-13(2)15-7-8-17-18(11-15)34-23(24,25)33-17;1-2/h5-9,11-13,16,19-20H,4,10H2,1-3H3,(H,27,30);1-2H3/t13?,16-,19?,20?;/m1./s1. The fourth-order valence-corrected chi connectivity index (χ4v) is 4.25. The predicted molar refractivity (Wildman–Crippen MR) is 125 cm³/mol. The number of carbonyl (C=O) groups is 2. The molecule has 2 amide bonds. The number of nitrogens with one attached hydrogen (secondary N) is 1. The maximum Gasteiger partial charge on any atom is 0.586 e. The summed E-state index contributed by atoms with van der Waals surface area (Å²) in [5.74, 6) is -1.07. The van der Waals surface area contributed by atoms with Crippen LogP contribution >= 0.6 is 0 Å².